The number of nitrogens with zero attached hydrogens (tertiary/aromatic N) is 1. The lowest BCUT2D eigenvalue weighted by atomic mass is 9.88. The number of benzene rings is 4. The van der Waals surface area contributed by atoms with E-state index in [1.54, 1.807) is 0 Å². The van der Waals surface area contributed by atoms with Crippen molar-refractivity contribution < 1.29 is 0 Å². The topological polar surface area (TPSA) is 3.24 Å². The predicted molar refractivity (Wildman–Crippen MR) is 163 cm³/mol. The van der Waals surface area contributed by atoms with Gasteiger partial charge in [0.2, 0.25) is 0 Å². The molecule has 0 heterocycles. The van der Waals surface area contributed by atoms with Crippen molar-refractivity contribution in [1.29, 1.82) is 0 Å². The summed E-state index contributed by atoms with van der Waals surface area (Å²) in [7, 11) is 0. The summed E-state index contributed by atoms with van der Waals surface area (Å²) in [6.45, 7) is 2.14. The first-order valence-corrected chi connectivity index (χ1v) is 14.3. The average Bonchev–Trinajstić information content (AvgIpc) is 3.00. The Bertz CT molecular complexity index is 1400. The van der Waals surface area contributed by atoms with Gasteiger partial charge in [-0.1, -0.05) is 84.5 Å². The summed E-state index contributed by atoms with van der Waals surface area (Å²) in [5.74, 6) is 0.638. The minimum atomic E-state index is 0.638. The van der Waals surface area contributed by atoms with Gasteiger partial charge in [-0.15, -0.1) is 0 Å². The van der Waals surface area contributed by atoms with Crippen molar-refractivity contribution in [2.45, 2.75) is 57.8 Å². The first kappa shape index (κ1) is 24.5. The highest BCUT2D eigenvalue weighted by Crippen LogP contribution is 2.38. The minimum absolute atomic E-state index is 0.638. The van der Waals surface area contributed by atoms with Crippen LogP contribution in [0.3, 0.4) is 0 Å². The molecule has 2 aliphatic rings. The average molecular weight is 496 g/mol. The fourth-order valence-corrected chi connectivity index (χ4v) is 5.91. The van der Waals surface area contributed by atoms with Gasteiger partial charge in [0.1, 0.15) is 0 Å². The van der Waals surface area contributed by atoms with Gasteiger partial charge in [-0.2, -0.15) is 0 Å². The summed E-state index contributed by atoms with van der Waals surface area (Å²) >= 11 is 0. The Balaban J connectivity index is 1.34. The molecule has 1 nitrogen and oxygen atoms in total. The van der Waals surface area contributed by atoms with E-state index < -0.39 is 0 Å². The zero-order valence-corrected chi connectivity index (χ0v) is 22.4. The molecule has 0 spiro atoms. The monoisotopic (exact) mass is 495 g/mol. The third-order valence-corrected chi connectivity index (χ3v) is 8.19. The van der Waals surface area contributed by atoms with Crippen molar-refractivity contribution in [1.82, 2.24) is 0 Å². The van der Waals surface area contributed by atoms with Crippen molar-refractivity contribution in [3.63, 3.8) is 0 Å². The van der Waals surface area contributed by atoms with E-state index >= 15 is 0 Å². The van der Waals surface area contributed by atoms with Crippen molar-refractivity contribution in [3.05, 3.63) is 132 Å². The molecule has 1 heteroatoms. The lowest BCUT2D eigenvalue weighted by molar-refractivity contribution is 0.617. The maximum Gasteiger partial charge on any atom is 0.0462 e. The van der Waals surface area contributed by atoms with Gasteiger partial charge < -0.3 is 4.90 Å². The number of hydrogen-bond donors (Lipinski definition) is 0. The zero-order chi connectivity index (χ0) is 25.7. The van der Waals surface area contributed by atoms with Gasteiger partial charge >= 0.3 is 0 Å². The van der Waals surface area contributed by atoms with Gasteiger partial charge in [0.15, 0.2) is 0 Å². The Kier molecular flexibility index (Phi) is 7.27. The van der Waals surface area contributed by atoms with E-state index in [-0.39, 0.29) is 0 Å². The van der Waals surface area contributed by atoms with Crippen LogP contribution >= 0.6 is 0 Å². The van der Waals surface area contributed by atoms with Gasteiger partial charge in [0.25, 0.3) is 0 Å². The Morgan fingerprint density at radius 1 is 0.579 bits per heavy atom. The smallest absolute Gasteiger partial charge is 0.0462 e. The fraction of sp³-hybridized carbons (Fsp3) is 0.243. The molecule has 190 valence electrons. The number of allylic oxidation sites excluding steroid dienone is 4. The first-order valence-electron chi connectivity index (χ1n) is 14.3. The molecule has 0 fully saturated rings. The Labute approximate surface area is 228 Å². The molecular weight excluding hydrogens is 458 g/mol. The van der Waals surface area contributed by atoms with E-state index in [1.165, 1.54) is 89.0 Å². The summed E-state index contributed by atoms with van der Waals surface area (Å²) < 4.78 is 0. The second-order valence-corrected chi connectivity index (χ2v) is 10.8. The van der Waals surface area contributed by atoms with E-state index in [0.717, 1.165) is 6.42 Å². The SMILES string of the molecule is Cc1ccc(-c2ccc(N(c3ccc(C4=CCCCC4)cc3)c3ccc(C4CC=CCC4)cc3)cc2)cc1. The normalized spacial score (nSPS) is 17.2. The lowest BCUT2D eigenvalue weighted by Crippen LogP contribution is -2.10. The van der Waals surface area contributed by atoms with E-state index in [4.69, 9.17) is 0 Å². The largest absolute Gasteiger partial charge is 0.311 e. The van der Waals surface area contributed by atoms with Crippen LogP contribution in [-0.4, -0.2) is 0 Å². The minimum Gasteiger partial charge on any atom is -0.311 e. The molecular formula is C37H37N. The van der Waals surface area contributed by atoms with Gasteiger partial charge in [0, 0.05) is 17.1 Å². The van der Waals surface area contributed by atoms with Crippen LogP contribution < -0.4 is 4.90 Å². The Morgan fingerprint density at radius 2 is 1.16 bits per heavy atom. The third kappa shape index (κ3) is 5.38. The van der Waals surface area contributed by atoms with Crippen molar-refractivity contribution in [2.24, 2.45) is 0 Å². The molecule has 0 saturated carbocycles. The second-order valence-electron chi connectivity index (χ2n) is 10.8. The molecule has 1 unspecified atom stereocenters. The molecule has 0 radical (unpaired) electrons. The lowest BCUT2D eigenvalue weighted by Gasteiger charge is -2.27. The molecule has 38 heavy (non-hydrogen) atoms. The van der Waals surface area contributed by atoms with E-state index in [9.17, 15) is 0 Å². The van der Waals surface area contributed by atoms with Crippen molar-refractivity contribution in [2.75, 3.05) is 4.90 Å². The number of anilines is 3. The van der Waals surface area contributed by atoms with Crippen molar-refractivity contribution in [3.8, 4) is 11.1 Å². The molecule has 0 N–H and O–H groups in total. The standard InChI is InChI=1S/C37H37N/c1-28-12-14-31(15-13-28)34-20-26-37(27-21-34)38(35-22-16-32(17-23-35)29-8-4-2-5-9-29)36-24-18-33(19-25-36)30-10-6-3-7-11-30/h2,4,10,12-27,29H,3,5-9,11H2,1H3. The van der Waals surface area contributed by atoms with Crippen LogP contribution in [0.25, 0.3) is 16.7 Å². The summed E-state index contributed by atoms with van der Waals surface area (Å²) in [5.41, 5.74) is 11.7. The second kappa shape index (κ2) is 11.3. The Morgan fingerprint density at radius 3 is 1.71 bits per heavy atom. The predicted octanol–water partition coefficient (Wildman–Crippen LogP) is 10.9. The van der Waals surface area contributed by atoms with E-state index in [1.807, 2.05) is 0 Å². The van der Waals surface area contributed by atoms with Gasteiger partial charge in [-0.25, -0.2) is 0 Å². The van der Waals surface area contributed by atoms with Crippen LogP contribution in [0.2, 0.25) is 0 Å². The molecule has 4 aromatic carbocycles. The van der Waals surface area contributed by atoms with Gasteiger partial charge in [0.05, 0.1) is 0 Å². The number of hydrogen-bond acceptors (Lipinski definition) is 1. The quantitative estimate of drug-likeness (QED) is 0.240. The summed E-state index contributed by atoms with van der Waals surface area (Å²) in [6, 6.07) is 36.3. The molecule has 4 aromatic rings. The molecule has 0 bridgehead atoms. The zero-order valence-electron chi connectivity index (χ0n) is 22.4. The number of rotatable bonds is 6. The molecule has 0 amide bonds. The first-order chi connectivity index (χ1) is 18.7. The third-order valence-electron chi connectivity index (χ3n) is 8.19. The van der Waals surface area contributed by atoms with E-state index in [2.05, 4.69) is 127 Å². The molecule has 0 aliphatic heterocycles. The van der Waals surface area contributed by atoms with Gasteiger partial charge in [-0.3, -0.25) is 0 Å². The maximum absolute atomic E-state index is 2.43. The highest BCUT2D eigenvalue weighted by molar-refractivity contribution is 5.79. The van der Waals surface area contributed by atoms with Crippen molar-refractivity contribution >= 4 is 22.6 Å². The maximum atomic E-state index is 2.43. The summed E-state index contributed by atoms with van der Waals surface area (Å²) in [4.78, 5) is 2.39. The van der Waals surface area contributed by atoms with Gasteiger partial charge in [-0.05, 0) is 122 Å². The highest BCUT2D eigenvalue weighted by atomic mass is 15.1. The summed E-state index contributed by atoms with van der Waals surface area (Å²) in [6.07, 6.45) is 15.7. The molecule has 0 aromatic heterocycles. The van der Waals surface area contributed by atoms with Crippen LogP contribution in [0.15, 0.2) is 115 Å². The van der Waals surface area contributed by atoms with Crippen LogP contribution in [0.5, 0.6) is 0 Å². The molecule has 0 saturated heterocycles. The molecule has 1 atom stereocenters. The molecule has 2 aliphatic carbocycles. The molecule has 6 rings (SSSR count). The van der Waals surface area contributed by atoms with Crippen LogP contribution in [0, 0.1) is 6.92 Å². The number of aryl methyl sites for hydroxylation is 1. The van der Waals surface area contributed by atoms with Crippen LogP contribution in [0.1, 0.15) is 67.6 Å². The van der Waals surface area contributed by atoms with E-state index in [0.29, 0.717) is 5.92 Å². The summed E-state index contributed by atoms with van der Waals surface area (Å²) in [5, 5.41) is 0. The Hall–Kier alpha value is -3.84. The highest BCUT2D eigenvalue weighted by Gasteiger charge is 2.16. The van der Waals surface area contributed by atoms with Crippen LogP contribution in [-0.2, 0) is 0 Å². The fourth-order valence-electron chi connectivity index (χ4n) is 5.91. The van der Waals surface area contributed by atoms with Crippen LogP contribution in [0.4, 0.5) is 17.1 Å².